The normalized spacial score (nSPS) is 12.1. The van der Waals surface area contributed by atoms with Crippen LogP contribution in [0.5, 0.6) is 0 Å². The van der Waals surface area contributed by atoms with Gasteiger partial charge in [-0.15, -0.1) is 0 Å². The van der Waals surface area contributed by atoms with Crippen LogP contribution in [-0.4, -0.2) is 37.2 Å². The lowest BCUT2D eigenvalue weighted by molar-refractivity contribution is -0.167. The number of hydrogen-bond donors (Lipinski definition) is 0. The molecule has 370 valence electrons. The van der Waals surface area contributed by atoms with Crippen LogP contribution in [0.2, 0.25) is 0 Å². The molecule has 6 heteroatoms. The first-order valence-corrected chi connectivity index (χ1v) is 27.8. The van der Waals surface area contributed by atoms with Crippen molar-refractivity contribution >= 4 is 17.9 Å². The summed E-state index contributed by atoms with van der Waals surface area (Å²) in [5, 5.41) is 0. The molecule has 0 radical (unpaired) electrons. The van der Waals surface area contributed by atoms with E-state index in [2.05, 4.69) is 45.1 Å². The van der Waals surface area contributed by atoms with Gasteiger partial charge in [-0.25, -0.2) is 0 Å². The monoisotopic (exact) mass is 887 g/mol. The molecule has 0 aliphatic heterocycles. The lowest BCUT2D eigenvalue weighted by atomic mass is 10.0. The highest BCUT2D eigenvalue weighted by atomic mass is 16.6. The molecule has 0 saturated heterocycles. The number of carbonyl (C=O) groups excluding carboxylic acids is 3. The Kier molecular flexibility index (Phi) is 50.8. The van der Waals surface area contributed by atoms with E-state index in [4.69, 9.17) is 14.2 Å². The van der Waals surface area contributed by atoms with Crippen molar-refractivity contribution < 1.29 is 28.6 Å². The van der Waals surface area contributed by atoms with Crippen molar-refractivity contribution in [1.82, 2.24) is 0 Å². The Balaban J connectivity index is 4.31. The number of ether oxygens (including phenoxy) is 3. The third-order valence-electron chi connectivity index (χ3n) is 12.4. The van der Waals surface area contributed by atoms with Crippen LogP contribution in [0.1, 0.15) is 303 Å². The lowest BCUT2D eigenvalue weighted by Crippen LogP contribution is -2.30. The zero-order valence-corrected chi connectivity index (χ0v) is 42.4. The maximum Gasteiger partial charge on any atom is 0.306 e. The molecule has 0 aliphatic carbocycles. The third-order valence-corrected chi connectivity index (χ3v) is 12.4. The minimum atomic E-state index is -0.772. The van der Waals surface area contributed by atoms with Crippen LogP contribution < -0.4 is 0 Å². The van der Waals surface area contributed by atoms with Gasteiger partial charge in [0.2, 0.25) is 0 Å². The molecule has 0 fully saturated rings. The molecule has 0 amide bonds. The summed E-state index contributed by atoms with van der Waals surface area (Å²) in [6, 6.07) is 0. The van der Waals surface area contributed by atoms with Gasteiger partial charge in [-0.05, 0) is 70.6 Å². The highest BCUT2D eigenvalue weighted by Gasteiger charge is 2.19. The number of unbranched alkanes of at least 4 members (excludes halogenated alkanes) is 36. The van der Waals surface area contributed by atoms with E-state index in [1.54, 1.807) is 0 Å². The Morgan fingerprint density at radius 2 is 0.524 bits per heavy atom. The minimum Gasteiger partial charge on any atom is -0.462 e. The summed E-state index contributed by atoms with van der Waals surface area (Å²) in [6.07, 6.45) is 60.2. The predicted octanol–water partition coefficient (Wildman–Crippen LogP) is 18.3. The first kappa shape index (κ1) is 60.9. The molecule has 0 saturated carbocycles. The summed E-state index contributed by atoms with van der Waals surface area (Å²) in [7, 11) is 0. The Morgan fingerprint density at radius 1 is 0.302 bits per heavy atom. The molecule has 1 atom stereocenters. The van der Waals surface area contributed by atoms with Crippen LogP contribution in [0, 0.1) is 0 Å². The summed E-state index contributed by atoms with van der Waals surface area (Å²) in [5.41, 5.74) is 0. The van der Waals surface area contributed by atoms with E-state index in [1.165, 1.54) is 199 Å². The van der Waals surface area contributed by atoms with Crippen molar-refractivity contribution in [1.29, 1.82) is 0 Å². The first-order chi connectivity index (χ1) is 31.0. The lowest BCUT2D eigenvalue weighted by Gasteiger charge is -2.18. The first-order valence-electron chi connectivity index (χ1n) is 27.8. The highest BCUT2D eigenvalue weighted by molar-refractivity contribution is 5.71. The molecule has 0 aromatic rings. The highest BCUT2D eigenvalue weighted by Crippen LogP contribution is 2.16. The largest absolute Gasteiger partial charge is 0.462 e. The van der Waals surface area contributed by atoms with Gasteiger partial charge >= 0.3 is 17.9 Å². The van der Waals surface area contributed by atoms with Crippen LogP contribution >= 0.6 is 0 Å². The molecule has 0 spiro atoms. The number of carbonyl (C=O) groups is 3. The summed E-state index contributed by atoms with van der Waals surface area (Å²) < 4.78 is 16.8. The molecule has 1 unspecified atom stereocenters. The molecule has 0 heterocycles. The molecular weight excluding hydrogens is 781 g/mol. The summed E-state index contributed by atoms with van der Waals surface area (Å²) in [6.45, 7) is 6.63. The fourth-order valence-corrected chi connectivity index (χ4v) is 8.20. The van der Waals surface area contributed by atoms with Crippen LogP contribution in [0.4, 0.5) is 0 Å². The van der Waals surface area contributed by atoms with E-state index in [0.717, 1.165) is 64.2 Å². The second-order valence-corrected chi connectivity index (χ2v) is 18.8. The van der Waals surface area contributed by atoms with Gasteiger partial charge in [0.25, 0.3) is 0 Å². The zero-order chi connectivity index (χ0) is 45.8. The van der Waals surface area contributed by atoms with E-state index >= 15 is 0 Å². The molecule has 0 bridgehead atoms. The minimum absolute atomic E-state index is 0.0714. The van der Waals surface area contributed by atoms with Crippen molar-refractivity contribution in [3.63, 3.8) is 0 Å². The van der Waals surface area contributed by atoms with Crippen LogP contribution in [0.15, 0.2) is 24.3 Å². The maximum absolute atomic E-state index is 12.8. The standard InChI is InChI=1S/C57H106O6/c1-4-7-10-13-16-19-22-25-27-28-29-31-32-35-38-41-44-47-50-56(59)62-53-54(52-61-55(58)49-46-43-40-37-34-24-21-18-15-12-9-6-3)63-57(60)51-48-45-42-39-36-33-30-26-23-20-17-14-11-8-5-2/h18,20-21,23,54H,4-17,19,22,24-53H2,1-3H3/b21-18-,23-20-. The van der Waals surface area contributed by atoms with Crippen LogP contribution in [0.25, 0.3) is 0 Å². The van der Waals surface area contributed by atoms with E-state index in [0.29, 0.717) is 19.3 Å². The number of hydrogen-bond acceptors (Lipinski definition) is 6. The van der Waals surface area contributed by atoms with Gasteiger partial charge < -0.3 is 14.2 Å². The zero-order valence-electron chi connectivity index (χ0n) is 42.4. The molecule has 0 aromatic carbocycles. The van der Waals surface area contributed by atoms with Crippen molar-refractivity contribution in [3.05, 3.63) is 24.3 Å². The van der Waals surface area contributed by atoms with Crippen molar-refractivity contribution in [2.24, 2.45) is 0 Å². The molecular formula is C57H106O6. The van der Waals surface area contributed by atoms with Crippen LogP contribution in [0.3, 0.4) is 0 Å². The van der Waals surface area contributed by atoms with E-state index in [9.17, 15) is 14.4 Å². The van der Waals surface area contributed by atoms with E-state index in [1.807, 2.05) is 0 Å². The quantitative estimate of drug-likeness (QED) is 0.0262. The van der Waals surface area contributed by atoms with Gasteiger partial charge in [-0.1, -0.05) is 238 Å². The second-order valence-electron chi connectivity index (χ2n) is 18.8. The van der Waals surface area contributed by atoms with Gasteiger partial charge in [0.05, 0.1) is 0 Å². The Bertz CT molecular complexity index is 1020. The molecule has 0 aliphatic rings. The van der Waals surface area contributed by atoms with E-state index < -0.39 is 6.10 Å². The Hall–Kier alpha value is -2.11. The van der Waals surface area contributed by atoms with Gasteiger partial charge in [0, 0.05) is 19.3 Å². The number of allylic oxidation sites excluding steroid dienone is 4. The SMILES string of the molecule is CCCCC/C=C\CCCCCCCC(=O)OCC(COC(=O)CCCCCCCCCCCCCCCCCCCC)OC(=O)CCCCCCCCC/C=C\CCCCCC. The average molecular weight is 887 g/mol. The van der Waals surface area contributed by atoms with Crippen molar-refractivity contribution in [3.8, 4) is 0 Å². The van der Waals surface area contributed by atoms with Gasteiger partial charge in [-0.2, -0.15) is 0 Å². The number of esters is 3. The number of rotatable bonds is 51. The molecule has 0 rings (SSSR count). The fraction of sp³-hybridized carbons (Fsp3) is 0.877. The third kappa shape index (κ3) is 50.7. The van der Waals surface area contributed by atoms with Gasteiger partial charge in [0.1, 0.15) is 13.2 Å². The predicted molar refractivity (Wildman–Crippen MR) is 270 cm³/mol. The van der Waals surface area contributed by atoms with E-state index in [-0.39, 0.29) is 31.1 Å². The fourth-order valence-electron chi connectivity index (χ4n) is 8.20. The molecule has 0 aromatic heterocycles. The summed E-state index contributed by atoms with van der Waals surface area (Å²) in [5.74, 6) is -0.869. The van der Waals surface area contributed by atoms with Gasteiger partial charge in [-0.3, -0.25) is 14.4 Å². The van der Waals surface area contributed by atoms with Crippen LogP contribution in [-0.2, 0) is 28.6 Å². The maximum atomic E-state index is 12.8. The Labute approximate surface area is 392 Å². The van der Waals surface area contributed by atoms with Gasteiger partial charge in [0.15, 0.2) is 6.10 Å². The summed E-state index contributed by atoms with van der Waals surface area (Å²) in [4.78, 5) is 38.0. The van der Waals surface area contributed by atoms with Crippen molar-refractivity contribution in [2.75, 3.05) is 13.2 Å². The topological polar surface area (TPSA) is 78.9 Å². The Morgan fingerprint density at radius 3 is 0.841 bits per heavy atom. The molecule has 63 heavy (non-hydrogen) atoms. The van der Waals surface area contributed by atoms with Crippen molar-refractivity contribution in [2.45, 2.75) is 309 Å². The average Bonchev–Trinajstić information content (AvgIpc) is 3.28. The molecule has 0 N–H and O–H groups in total. The second kappa shape index (κ2) is 52.5. The smallest absolute Gasteiger partial charge is 0.306 e. The molecule has 6 nitrogen and oxygen atoms in total. The summed E-state index contributed by atoms with van der Waals surface area (Å²) >= 11 is 0.